The fourth-order valence-electron chi connectivity index (χ4n) is 2.83. The molecule has 2 heterocycles. The number of aromatic nitrogens is 1. The molecule has 0 saturated carbocycles. The first kappa shape index (κ1) is 21.4. The van der Waals surface area contributed by atoms with E-state index in [1.54, 1.807) is 12.1 Å². The van der Waals surface area contributed by atoms with Gasteiger partial charge in [-0.3, -0.25) is 9.59 Å². The van der Waals surface area contributed by atoms with Crippen LogP contribution in [0.15, 0.2) is 35.1 Å². The largest absolute Gasteiger partial charge is 0.503 e. The number of halogens is 1. The quantitative estimate of drug-likeness (QED) is 0.764. The molecule has 0 spiro atoms. The van der Waals surface area contributed by atoms with Crippen LogP contribution in [0.5, 0.6) is 11.6 Å². The van der Waals surface area contributed by atoms with E-state index in [0.717, 1.165) is 11.6 Å². The molecule has 3 rings (SSSR count). The van der Waals surface area contributed by atoms with Crippen molar-refractivity contribution in [3.8, 4) is 11.6 Å². The number of ether oxygens (including phenoxy) is 2. The number of aromatic hydroxyl groups is 1. The van der Waals surface area contributed by atoms with E-state index in [-0.39, 0.29) is 30.5 Å². The van der Waals surface area contributed by atoms with Crippen molar-refractivity contribution in [2.75, 3.05) is 26.9 Å². The third-order valence-corrected chi connectivity index (χ3v) is 4.16. The summed E-state index contributed by atoms with van der Waals surface area (Å²) in [6, 6.07) is 6.99. The summed E-state index contributed by atoms with van der Waals surface area (Å²) in [5.74, 6) is -1.22. The van der Waals surface area contributed by atoms with Gasteiger partial charge in [0, 0.05) is 32.8 Å². The van der Waals surface area contributed by atoms with Crippen LogP contribution in [0.1, 0.15) is 29.9 Å². The van der Waals surface area contributed by atoms with Crippen LogP contribution in [0.25, 0.3) is 0 Å². The third-order valence-electron chi connectivity index (χ3n) is 4.16. The van der Waals surface area contributed by atoms with E-state index >= 15 is 0 Å². The van der Waals surface area contributed by atoms with Gasteiger partial charge in [-0.15, -0.1) is 0 Å². The zero-order valence-electron chi connectivity index (χ0n) is 16.3. The molecule has 152 valence electrons. The first-order valence-corrected chi connectivity index (χ1v) is 9.13. The van der Waals surface area contributed by atoms with Gasteiger partial charge in [0.2, 0.25) is 5.43 Å². The molecule has 0 aliphatic carbocycles. The van der Waals surface area contributed by atoms with Crippen molar-refractivity contribution < 1.29 is 23.8 Å². The predicted octanol–water partition coefficient (Wildman–Crippen LogP) is 2.40. The van der Waals surface area contributed by atoms with Crippen LogP contribution in [0.2, 0.25) is 0 Å². The molecule has 7 nitrogen and oxygen atoms in total. The minimum absolute atomic E-state index is 0.0988. The molecule has 8 heteroatoms. The minimum atomic E-state index is -0.680. The maximum Gasteiger partial charge on any atom is 0.274 e. The molecule has 2 aromatic rings. The maximum atomic E-state index is 13.0. The summed E-state index contributed by atoms with van der Waals surface area (Å²) >= 11 is 0. The van der Waals surface area contributed by atoms with Crippen molar-refractivity contribution in [3.05, 3.63) is 57.6 Å². The summed E-state index contributed by atoms with van der Waals surface area (Å²) in [6.45, 7) is 5.52. The molecule has 0 unspecified atom stereocenters. The van der Waals surface area contributed by atoms with Gasteiger partial charge in [-0.1, -0.05) is 26.0 Å². The van der Waals surface area contributed by atoms with Crippen molar-refractivity contribution in [2.45, 2.75) is 26.9 Å². The summed E-state index contributed by atoms with van der Waals surface area (Å²) in [4.78, 5) is 26.3. The Kier molecular flexibility index (Phi) is 7.57. The zero-order chi connectivity index (χ0) is 20.7. The Morgan fingerprint density at radius 2 is 1.79 bits per heavy atom. The lowest BCUT2D eigenvalue weighted by atomic mass is 10.1. The number of fused-ring (bicyclic) bond motifs is 1. The number of pyridine rings is 1. The lowest BCUT2D eigenvalue weighted by Crippen LogP contribution is -2.41. The standard InChI is InChI=1S/C18H19FN2O5.C2H6/c1-25-8-9-26-15-10-14(22)17(23)16-18(24)20(6-7-21(15)16)11-12-2-4-13(19)5-3-12;1-2/h2-5,10,23H,6-9,11H2,1H3;1-2H3. The number of carbonyl (C=O) groups excluding carboxylic acids is 1. The van der Waals surface area contributed by atoms with Crippen LogP contribution >= 0.6 is 0 Å². The second-order valence-corrected chi connectivity index (χ2v) is 5.89. The van der Waals surface area contributed by atoms with Crippen LogP contribution in [0.4, 0.5) is 4.39 Å². The van der Waals surface area contributed by atoms with E-state index in [0.29, 0.717) is 19.7 Å². The van der Waals surface area contributed by atoms with Crippen molar-refractivity contribution in [2.24, 2.45) is 0 Å². The van der Waals surface area contributed by atoms with E-state index in [9.17, 15) is 19.1 Å². The van der Waals surface area contributed by atoms with Crippen LogP contribution < -0.4 is 10.2 Å². The van der Waals surface area contributed by atoms with E-state index in [2.05, 4.69) is 0 Å². The second kappa shape index (κ2) is 9.89. The summed E-state index contributed by atoms with van der Waals surface area (Å²) in [5.41, 5.74) is -0.0264. The highest BCUT2D eigenvalue weighted by molar-refractivity contribution is 5.96. The number of rotatable bonds is 6. The van der Waals surface area contributed by atoms with Gasteiger partial charge < -0.3 is 24.0 Å². The van der Waals surface area contributed by atoms with Crippen molar-refractivity contribution in [3.63, 3.8) is 0 Å². The smallest absolute Gasteiger partial charge is 0.274 e. The molecule has 1 aromatic heterocycles. The Hall–Kier alpha value is -2.87. The van der Waals surface area contributed by atoms with Gasteiger partial charge in [0.1, 0.15) is 12.4 Å². The average molecular weight is 392 g/mol. The molecule has 1 N–H and O–H groups in total. The molecule has 1 aromatic carbocycles. The molecule has 0 atom stereocenters. The molecule has 28 heavy (non-hydrogen) atoms. The first-order chi connectivity index (χ1) is 13.5. The van der Waals surface area contributed by atoms with Gasteiger partial charge in [0.05, 0.1) is 6.61 Å². The SMILES string of the molecule is CC.COCCOc1cc(=O)c(O)c2n1CCN(Cc1ccc(F)cc1)C2=O. The van der Waals surface area contributed by atoms with Crippen molar-refractivity contribution >= 4 is 5.91 Å². The molecular formula is C20H25FN2O5. The van der Waals surface area contributed by atoms with E-state index in [1.165, 1.54) is 28.7 Å². The van der Waals surface area contributed by atoms with E-state index < -0.39 is 17.1 Å². The van der Waals surface area contributed by atoms with Crippen molar-refractivity contribution in [1.82, 2.24) is 9.47 Å². The number of hydrogen-bond donors (Lipinski definition) is 1. The highest BCUT2D eigenvalue weighted by Gasteiger charge is 2.30. The van der Waals surface area contributed by atoms with Gasteiger partial charge in [0.15, 0.2) is 17.3 Å². The van der Waals surface area contributed by atoms with Crippen LogP contribution in [-0.4, -0.2) is 47.3 Å². The Morgan fingerprint density at radius 3 is 2.43 bits per heavy atom. The maximum absolute atomic E-state index is 13.0. The summed E-state index contributed by atoms with van der Waals surface area (Å²) in [5, 5.41) is 10.1. The highest BCUT2D eigenvalue weighted by Crippen LogP contribution is 2.26. The molecule has 0 fully saturated rings. The normalized spacial score (nSPS) is 12.9. The minimum Gasteiger partial charge on any atom is -0.503 e. The molecule has 1 amide bonds. The van der Waals surface area contributed by atoms with Crippen LogP contribution in [-0.2, 0) is 17.8 Å². The third kappa shape index (κ3) is 4.69. The number of carbonyl (C=O) groups is 1. The topological polar surface area (TPSA) is 81.0 Å². The Labute approximate surface area is 162 Å². The molecular weight excluding hydrogens is 367 g/mol. The van der Waals surface area contributed by atoms with Crippen LogP contribution in [0, 0.1) is 5.82 Å². The fourth-order valence-corrected chi connectivity index (χ4v) is 2.83. The molecule has 0 bridgehead atoms. The van der Waals surface area contributed by atoms with E-state index in [1.807, 2.05) is 13.8 Å². The molecule has 0 saturated heterocycles. The van der Waals surface area contributed by atoms with Gasteiger partial charge in [-0.05, 0) is 17.7 Å². The van der Waals surface area contributed by atoms with Gasteiger partial charge in [-0.2, -0.15) is 0 Å². The number of benzene rings is 1. The lowest BCUT2D eigenvalue weighted by molar-refractivity contribution is 0.0670. The van der Waals surface area contributed by atoms with Crippen molar-refractivity contribution in [1.29, 1.82) is 0 Å². The Balaban J connectivity index is 0.00000136. The number of methoxy groups -OCH3 is 1. The number of amides is 1. The summed E-state index contributed by atoms with van der Waals surface area (Å²) in [7, 11) is 1.53. The fraction of sp³-hybridized carbons (Fsp3) is 0.400. The van der Waals surface area contributed by atoms with E-state index in [4.69, 9.17) is 9.47 Å². The first-order valence-electron chi connectivity index (χ1n) is 9.13. The average Bonchev–Trinajstić information content (AvgIpc) is 2.70. The van der Waals surface area contributed by atoms with Gasteiger partial charge in [-0.25, -0.2) is 4.39 Å². The second-order valence-electron chi connectivity index (χ2n) is 5.89. The predicted molar refractivity (Wildman–Crippen MR) is 102 cm³/mol. The number of nitrogens with zero attached hydrogens (tertiary/aromatic N) is 2. The van der Waals surface area contributed by atoms with Gasteiger partial charge >= 0.3 is 0 Å². The Morgan fingerprint density at radius 1 is 1.11 bits per heavy atom. The lowest BCUT2D eigenvalue weighted by Gasteiger charge is -2.31. The Bertz CT molecular complexity index is 864. The monoisotopic (exact) mass is 392 g/mol. The van der Waals surface area contributed by atoms with Gasteiger partial charge in [0.25, 0.3) is 5.91 Å². The zero-order valence-corrected chi connectivity index (χ0v) is 16.3. The number of hydrogen-bond acceptors (Lipinski definition) is 5. The summed E-state index contributed by atoms with van der Waals surface area (Å²) in [6.07, 6.45) is 0. The highest BCUT2D eigenvalue weighted by atomic mass is 19.1. The molecule has 1 aliphatic rings. The summed E-state index contributed by atoms with van der Waals surface area (Å²) < 4.78 is 25.0. The van der Waals surface area contributed by atoms with Crippen LogP contribution in [0.3, 0.4) is 0 Å². The molecule has 1 aliphatic heterocycles. The molecule has 0 radical (unpaired) electrons.